The van der Waals surface area contributed by atoms with Gasteiger partial charge in [-0.15, -0.1) is 0 Å². The van der Waals surface area contributed by atoms with Gasteiger partial charge >= 0.3 is 0 Å². The van der Waals surface area contributed by atoms with Crippen molar-refractivity contribution in [1.29, 1.82) is 0 Å². The topological polar surface area (TPSA) is 90.1 Å². The first-order valence-corrected chi connectivity index (χ1v) is 11.7. The van der Waals surface area contributed by atoms with Crippen LogP contribution < -0.4 is 15.6 Å². The average molecular weight is 460 g/mol. The first kappa shape index (κ1) is 22.1. The Morgan fingerprint density at radius 1 is 1.12 bits per heavy atom. The molecule has 0 spiro atoms. The maximum Gasteiger partial charge on any atom is 0.278 e. The van der Waals surface area contributed by atoms with Gasteiger partial charge in [-0.25, -0.2) is 14.3 Å². The molecule has 0 saturated carbocycles. The van der Waals surface area contributed by atoms with Gasteiger partial charge in [0.25, 0.3) is 5.56 Å². The Morgan fingerprint density at radius 2 is 1.91 bits per heavy atom. The third-order valence-corrected chi connectivity index (χ3v) is 6.13. The molecule has 1 aromatic carbocycles. The van der Waals surface area contributed by atoms with E-state index in [0.717, 1.165) is 37.2 Å². The van der Waals surface area contributed by atoms with Crippen LogP contribution in [0.3, 0.4) is 0 Å². The lowest BCUT2D eigenvalue weighted by atomic mass is 10.1. The number of aromatic nitrogens is 5. The van der Waals surface area contributed by atoms with Crippen LogP contribution in [0.15, 0.2) is 53.5 Å². The number of ether oxygens (including phenoxy) is 1. The molecule has 0 unspecified atom stereocenters. The van der Waals surface area contributed by atoms with Crippen molar-refractivity contribution in [1.82, 2.24) is 29.2 Å². The minimum absolute atomic E-state index is 0.140. The number of pyridine rings is 1. The largest absolute Gasteiger partial charge is 0.474 e. The number of likely N-dealkylation sites (tertiary alicyclic amines) is 1. The molecule has 0 atom stereocenters. The lowest BCUT2D eigenvalue weighted by molar-refractivity contribution is 0.110. The van der Waals surface area contributed by atoms with Crippen molar-refractivity contribution in [2.45, 2.75) is 39.3 Å². The molecule has 3 aromatic heterocycles. The van der Waals surface area contributed by atoms with Gasteiger partial charge in [0, 0.05) is 37.6 Å². The van der Waals surface area contributed by atoms with E-state index in [1.165, 1.54) is 0 Å². The van der Waals surface area contributed by atoms with E-state index in [1.807, 2.05) is 56.3 Å². The van der Waals surface area contributed by atoms with Gasteiger partial charge in [-0.2, -0.15) is 9.97 Å². The minimum Gasteiger partial charge on any atom is -0.474 e. The Morgan fingerprint density at radius 3 is 2.68 bits per heavy atom. The van der Waals surface area contributed by atoms with E-state index in [4.69, 9.17) is 14.7 Å². The smallest absolute Gasteiger partial charge is 0.278 e. The molecule has 1 saturated heterocycles. The molecule has 176 valence electrons. The molecule has 1 N–H and O–H groups in total. The van der Waals surface area contributed by atoms with Crippen LogP contribution in [0.2, 0.25) is 0 Å². The second-order valence-corrected chi connectivity index (χ2v) is 8.71. The van der Waals surface area contributed by atoms with Crippen LogP contribution in [0.4, 0.5) is 11.6 Å². The highest BCUT2D eigenvalue weighted by Gasteiger charge is 2.20. The predicted molar refractivity (Wildman–Crippen MR) is 132 cm³/mol. The van der Waals surface area contributed by atoms with Crippen LogP contribution in [-0.2, 0) is 6.54 Å². The molecule has 9 heteroatoms. The maximum absolute atomic E-state index is 13.1. The zero-order valence-corrected chi connectivity index (χ0v) is 19.7. The standard InChI is InChI=1S/C25H29N7O2/c1-4-31-24(33)20-16-26-25(27-18-8-5-7-17(2)15-18)29-23(20)32(31)21-9-6-10-22(28-21)34-19-11-13-30(3)14-12-19/h5-10,15-16,19H,4,11-14H2,1-3H3,(H,26,27,29). The molecular formula is C25H29N7O2. The van der Waals surface area contributed by atoms with Crippen LogP contribution in [-0.4, -0.2) is 55.5 Å². The third kappa shape index (κ3) is 4.38. The molecule has 1 aliphatic rings. The predicted octanol–water partition coefficient (Wildman–Crippen LogP) is 3.52. The number of benzene rings is 1. The van der Waals surface area contributed by atoms with Gasteiger partial charge in [0.1, 0.15) is 11.5 Å². The summed E-state index contributed by atoms with van der Waals surface area (Å²) in [5.74, 6) is 1.55. The molecule has 0 bridgehead atoms. The lowest BCUT2D eigenvalue weighted by Gasteiger charge is -2.29. The number of anilines is 2. The van der Waals surface area contributed by atoms with E-state index in [1.54, 1.807) is 15.6 Å². The molecule has 5 rings (SSSR count). The summed E-state index contributed by atoms with van der Waals surface area (Å²) in [4.78, 5) is 29.2. The van der Waals surface area contributed by atoms with Gasteiger partial charge in [0.2, 0.25) is 11.8 Å². The molecule has 4 aromatic rings. The Hall–Kier alpha value is -3.72. The number of fused-ring (bicyclic) bond motifs is 1. The van der Waals surface area contributed by atoms with Gasteiger partial charge in [0.15, 0.2) is 11.5 Å². The van der Waals surface area contributed by atoms with Crippen molar-refractivity contribution in [3.8, 4) is 11.7 Å². The Labute approximate surface area is 198 Å². The minimum atomic E-state index is -0.150. The lowest BCUT2D eigenvalue weighted by Crippen LogP contribution is -2.35. The molecule has 4 heterocycles. The van der Waals surface area contributed by atoms with E-state index in [2.05, 4.69) is 22.2 Å². The fourth-order valence-corrected chi connectivity index (χ4v) is 4.32. The highest BCUT2D eigenvalue weighted by atomic mass is 16.5. The Balaban J connectivity index is 1.52. The van der Waals surface area contributed by atoms with Crippen LogP contribution in [0.1, 0.15) is 25.3 Å². The second-order valence-electron chi connectivity index (χ2n) is 8.71. The van der Waals surface area contributed by atoms with Crippen molar-refractivity contribution in [2.24, 2.45) is 0 Å². The van der Waals surface area contributed by atoms with Crippen molar-refractivity contribution in [3.05, 3.63) is 64.6 Å². The van der Waals surface area contributed by atoms with Crippen molar-refractivity contribution < 1.29 is 4.74 Å². The average Bonchev–Trinajstić information content (AvgIpc) is 3.11. The van der Waals surface area contributed by atoms with E-state index in [-0.39, 0.29) is 11.7 Å². The van der Waals surface area contributed by atoms with Gasteiger partial charge in [-0.3, -0.25) is 4.79 Å². The summed E-state index contributed by atoms with van der Waals surface area (Å²) < 4.78 is 9.56. The van der Waals surface area contributed by atoms with Gasteiger partial charge in [-0.1, -0.05) is 18.2 Å². The maximum atomic E-state index is 13.1. The number of aryl methyl sites for hydroxylation is 1. The van der Waals surface area contributed by atoms with E-state index < -0.39 is 0 Å². The molecule has 1 aliphatic heterocycles. The highest BCUT2D eigenvalue weighted by molar-refractivity contribution is 5.77. The van der Waals surface area contributed by atoms with Crippen LogP contribution >= 0.6 is 0 Å². The summed E-state index contributed by atoms with van der Waals surface area (Å²) in [5, 5.41) is 3.68. The highest BCUT2D eigenvalue weighted by Crippen LogP contribution is 2.22. The number of nitrogens with zero attached hydrogens (tertiary/aromatic N) is 6. The van der Waals surface area contributed by atoms with Crippen molar-refractivity contribution >= 4 is 22.7 Å². The molecule has 0 aliphatic carbocycles. The quantitative estimate of drug-likeness (QED) is 0.472. The zero-order chi connectivity index (χ0) is 23.7. The third-order valence-electron chi connectivity index (χ3n) is 6.13. The second kappa shape index (κ2) is 9.26. The number of piperidine rings is 1. The number of hydrogen-bond acceptors (Lipinski definition) is 7. The Bertz CT molecular complexity index is 1370. The molecule has 0 amide bonds. The van der Waals surface area contributed by atoms with E-state index in [0.29, 0.717) is 35.2 Å². The van der Waals surface area contributed by atoms with Gasteiger partial charge < -0.3 is 15.0 Å². The normalized spacial score (nSPS) is 15.0. The van der Waals surface area contributed by atoms with Crippen molar-refractivity contribution in [3.63, 3.8) is 0 Å². The summed E-state index contributed by atoms with van der Waals surface area (Å²) in [6, 6.07) is 13.6. The molecular weight excluding hydrogens is 430 g/mol. The van der Waals surface area contributed by atoms with E-state index in [9.17, 15) is 4.79 Å². The Kier molecular flexibility index (Phi) is 6.02. The van der Waals surface area contributed by atoms with Crippen LogP contribution in [0.25, 0.3) is 16.9 Å². The molecule has 0 radical (unpaired) electrons. The van der Waals surface area contributed by atoms with Crippen molar-refractivity contribution in [2.75, 3.05) is 25.5 Å². The summed E-state index contributed by atoms with van der Waals surface area (Å²) in [5.41, 5.74) is 2.37. The zero-order valence-electron chi connectivity index (χ0n) is 19.7. The van der Waals surface area contributed by atoms with Gasteiger partial charge in [-0.05, 0) is 57.5 Å². The monoisotopic (exact) mass is 459 g/mol. The number of rotatable bonds is 6. The van der Waals surface area contributed by atoms with E-state index >= 15 is 0 Å². The summed E-state index contributed by atoms with van der Waals surface area (Å²) in [6.45, 7) is 6.44. The van der Waals surface area contributed by atoms with Crippen LogP contribution in [0, 0.1) is 6.92 Å². The summed E-state index contributed by atoms with van der Waals surface area (Å²) >= 11 is 0. The first-order chi connectivity index (χ1) is 16.5. The SMILES string of the molecule is CCn1c(=O)c2cnc(Nc3cccc(C)c3)nc2n1-c1cccc(OC2CCN(C)CC2)n1. The summed E-state index contributed by atoms with van der Waals surface area (Å²) in [6.07, 6.45) is 3.65. The molecule has 9 nitrogen and oxygen atoms in total. The summed E-state index contributed by atoms with van der Waals surface area (Å²) in [7, 11) is 2.13. The molecule has 34 heavy (non-hydrogen) atoms. The number of hydrogen-bond donors (Lipinski definition) is 1. The van der Waals surface area contributed by atoms with Crippen LogP contribution in [0.5, 0.6) is 5.88 Å². The number of nitrogens with one attached hydrogen (secondary N) is 1. The fourth-order valence-electron chi connectivity index (χ4n) is 4.32. The first-order valence-electron chi connectivity index (χ1n) is 11.7. The fraction of sp³-hybridized carbons (Fsp3) is 0.360. The molecule has 1 fully saturated rings. The van der Waals surface area contributed by atoms with Gasteiger partial charge in [0.05, 0.1) is 0 Å².